The van der Waals surface area contributed by atoms with Gasteiger partial charge in [-0.15, -0.1) is 0 Å². The first kappa shape index (κ1) is 20.1. The van der Waals surface area contributed by atoms with Gasteiger partial charge in [-0.3, -0.25) is 9.59 Å². The van der Waals surface area contributed by atoms with E-state index in [1.54, 1.807) is 0 Å². The molecule has 4 heteroatoms. The second-order valence-electron chi connectivity index (χ2n) is 10.5. The third-order valence-electron chi connectivity index (χ3n) is 8.49. The Balaban J connectivity index is 1.59. The fourth-order valence-electron chi connectivity index (χ4n) is 6.87. The molecule has 7 aromatic rings. The normalized spacial score (nSPS) is 13.3. The van der Waals surface area contributed by atoms with Crippen LogP contribution in [0.5, 0.6) is 0 Å². The van der Waals surface area contributed by atoms with Gasteiger partial charge >= 0.3 is 0 Å². The highest BCUT2D eigenvalue weighted by atomic mass is 16.1. The van der Waals surface area contributed by atoms with Crippen LogP contribution in [0.1, 0.15) is 22.3 Å². The summed E-state index contributed by atoms with van der Waals surface area (Å²) in [6.45, 7) is 0. The fraction of sp³-hybridized carbons (Fsp3) is 0.0588. The molecule has 0 unspecified atom stereocenters. The summed E-state index contributed by atoms with van der Waals surface area (Å²) in [4.78, 5) is 27.9. The van der Waals surface area contributed by atoms with Crippen molar-refractivity contribution in [2.45, 2.75) is 12.8 Å². The molecular weight excluding hydrogens is 468 g/mol. The predicted molar refractivity (Wildman–Crippen MR) is 153 cm³/mol. The number of para-hydroxylation sites is 4. The largest absolute Gasteiger partial charge is 0.308 e. The summed E-state index contributed by atoms with van der Waals surface area (Å²) >= 11 is 0. The number of rotatable bonds is 0. The highest BCUT2D eigenvalue weighted by Gasteiger charge is 2.25. The van der Waals surface area contributed by atoms with Crippen LogP contribution in [0.25, 0.3) is 55.0 Å². The number of pyridine rings is 2. The number of nitrogens with zero attached hydrogens (tertiary/aromatic N) is 2. The SMILES string of the molecule is O=c1c2cc3c(=O)c4cccc5c4n(c3cc2n2c3c(cccc13)Cc1ccccc1-2)-c1ccccc1C5. The van der Waals surface area contributed by atoms with E-state index in [0.29, 0.717) is 21.5 Å². The molecule has 0 bridgehead atoms. The Morgan fingerprint density at radius 3 is 1.39 bits per heavy atom. The Bertz CT molecular complexity index is 2180. The Kier molecular flexibility index (Phi) is 3.64. The number of benzene rings is 5. The number of fused-ring (bicyclic) bond motifs is 8. The molecule has 0 aliphatic carbocycles. The summed E-state index contributed by atoms with van der Waals surface area (Å²) in [5.74, 6) is 0. The maximum atomic E-state index is 14.0. The lowest BCUT2D eigenvalue weighted by molar-refractivity contribution is 1.02. The van der Waals surface area contributed by atoms with Gasteiger partial charge in [0.05, 0.1) is 22.1 Å². The van der Waals surface area contributed by atoms with Crippen LogP contribution in [-0.4, -0.2) is 9.13 Å². The van der Waals surface area contributed by atoms with Crippen molar-refractivity contribution in [3.05, 3.63) is 140 Å². The molecule has 2 aliphatic heterocycles. The maximum absolute atomic E-state index is 14.0. The highest BCUT2D eigenvalue weighted by Crippen LogP contribution is 2.38. The van der Waals surface area contributed by atoms with Gasteiger partial charge in [0.25, 0.3) is 0 Å². The third-order valence-corrected chi connectivity index (χ3v) is 8.49. The molecule has 178 valence electrons. The van der Waals surface area contributed by atoms with Crippen LogP contribution in [0.15, 0.2) is 107 Å². The van der Waals surface area contributed by atoms with E-state index in [0.717, 1.165) is 57.4 Å². The lowest BCUT2D eigenvalue weighted by Crippen LogP contribution is -2.19. The zero-order chi connectivity index (χ0) is 25.1. The molecule has 0 saturated carbocycles. The van der Waals surface area contributed by atoms with Gasteiger partial charge in [0.1, 0.15) is 0 Å². The zero-order valence-corrected chi connectivity index (χ0v) is 20.4. The van der Waals surface area contributed by atoms with Gasteiger partial charge in [0.15, 0.2) is 10.9 Å². The van der Waals surface area contributed by atoms with E-state index in [9.17, 15) is 9.59 Å². The molecule has 0 atom stereocenters. The van der Waals surface area contributed by atoms with Crippen molar-refractivity contribution in [2.75, 3.05) is 0 Å². The smallest absolute Gasteiger partial charge is 0.197 e. The number of hydrogen-bond acceptors (Lipinski definition) is 2. The van der Waals surface area contributed by atoms with E-state index < -0.39 is 0 Å². The standard InChI is InChI=1S/C34H20N2O2/c37-33-23-11-5-9-21-15-19-7-1-3-13-27(19)35(31(21)23)29-18-30-26(17-25(29)33)34(38)24-12-6-10-22-16-20-8-2-4-14-28(20)36(30)32(22)24/h1-14,17-18H,15-16H2. The van der Waals surface area contributed by atoms with E-state index in [1.165, 1.54) is 11.1 Å². The Labute approximate surface area is 216 Å². The first-order valence-corrected chi connectivity index (χ1v) is 13.0. The van der Waals surface area contributed by atoms with Crippen LogP contribution >= 0.6 is 0 Å². The summed E-state index contributed by atoms with van der Waals surface area (Å²) in [6, 6.07) is 32.7. The Morgan fingerprint density at radius 1 is 0.447 bits per heavy atom. The van der Waals surface area contributed by atoms with Gasteiger partial charge in [-0.25, -0.2) is 0 Å². The fourth-order valence-corrected chi connectivity index (χ4v) is 6.87. The molecule has 4 heterocycles. The second kappa shape index (κ2) is 6.87. The number of hydrogen-bond donors (Lipinski definition) is 0. The minimum Gasteiger partial charge on any atom is -0.308 e. The minimum atomic E-state index is -0.0262. The molecular formula is C34H20N2O2. The summed E-state index contributed by atoms with van der Waals surface area (Å²) in [7, 11) is 0. The zero-order valence-electron chi connectivity index (χ0n) is 20.4. The molecule has 38 heavy (non-hydrogen) atoms. The molecule has 2 aliphatic rings. The first-order chi connectivity index (χ1) is 18.7. The van der Waals surface area contributed by atoms with E-state index in [4.69, 9.17) is 0 Å². The summed E-state index contributed by atoms with van der Waals surface area (Å²) in [6.07, 6.45) is 1.58. The van der Waals surface area contributed by atoms with E-state index >= 15 is 0 Å². The van der Waals surface area contributed by atoms with Crippen LogP contribution in [-0.2, 0) is 12.8 Å². The molecule has 0 fully saturated rings. The van der Waals surface area contributed by atoms with Gasteiger partial charge < -0.3 is 9.13 Å². The molecule has 0 radical (unpaired) electrons. The van der Waals surface area contributed by atoms with Crippen LogP contribution in [0, 0.1) is 0 Å². The quantitative estimate of drug-likeness (QED) is 0.232. The van der Waals surface area contributed by atoms with Crippen molar-refractivity contribution in [1.82, 2.24) is 9.13 Å². The molecule has 2 aromatic heterocycles. The van der Waals surface area contributed by atoms with Crippen molar-refractivity contribution < 1.29 is 0 Å². The summed E-state index contributed by atoms with van der Waals surface area (Å²) < 4.78 is 4.48. The van der Waals surface area contributed by atoms with Gasteiger partial charge in [-0.2, -0.15) is 0 Å². The molecule has 5 aromatic carbocycles. The lowest BCUT2D eigenvalue weighted by atomic mass is 9.92. The summed E-state index contributed by atoms with van der Waals surface area (Å²) in [5, 5.41) is 2.53. The lowest BCUT2D eigenvalue weighted by Gasteiger charge is -2.27. The van der Waals surface area contributed by atoms with Gasteiger partial charge in [-0.1, -0.05) is 60.7 Å². The van der Waals surface area contributed by atoms with Crippen molar-refractivity contribution >= 4 is 43.6 Å². The summed E-state index contributed by atoms with van der Waals surface area (Å²) in [5.41, 5.74) is 10.4. The average Bonchev–Trinajstić information content (AvgIpc) is 2.96. The van der Waals surface area contributed by atoms with Crippen molar-refractivity contribution in [1.29, 1.82) is 0 Å². The number of aromatic nitrogens is 2. The molecule has 0 saturated heterocycles. The van der Waals surface area contributed by atoms with Crippen LogP contribution < -0.4 is 10.9 Å². The van der Waals surface area contributed by atoms with Gasteiger partial charge in [0, 0.05) is 45.8 Å². The average molecular weight is 489 g/mol. The van der Waals surface area contributed by atoms with E-state index in [-0.39, 0.29) is 10.9 Å². The predicted octanol–water partition coefficient (Wildman–Crippen LogP) is 6.41. The molecule has 0 N–H and O–H groups in total. The monoisotopic (exact) mass is 488 g/mol. The Morgan fingerprint density at radius 2 is 0.895 bits per heavy atom. The van der Waals surface area contributed by atoms with Gasteiger partial charge in [0.2, 0.25) is 0 Å². The van der Waals surface area contributed by atoms with E-state index in [2.05, 4.69) is 63.7 Å². The second-order valence-corrected chi connectivity index (χ2v) is 10.5. The third kappa shape index (κ3) is 2.36. The highest BCUT2D eigenvalue weighted by molar-refractivity contribution is 6.07. The van der Waals surface area contributed by atoms with Crippen LogP contribution in [0.4, 0.5) is 0 Å². The van der Waals surface area contributed by atoms with Crippen LogP contribution in [0.3, 0.4) is 0 Å². The molecule has 0 spiro atoms. The van der Waals surface area contributed by atoms with Crippen LogP contribution in [0.2, 0.25) is 0 Å². The van der Waals surface area contributed by atoms with E-state index in [1.807, 2.05) is 42.5 Å². The first-order valence-electron chi connectivity index (χ1n) is 13.0. The molecule has 0 amide bonds. The molecule has 9 rings (SSSR count). The minimum absolute atomic E-state index is 0.0262. The van der Waals surface area contributed by atoms with Crippen molar-refractivity contribution in [3.8, 4) is 11.4 Å². The maximum Gasteiger partial charge on any atom is 0.197 e. The Hall–Kier alpha value is -4.96. The van der Waals surface area contributed by atoms with Gasteiger partial charge in [-0.05, 0) is 58.7 Å². The van der Waals surface area contributed by atoms with Crippen molar-refractivity contribution in [2.24, 2.45) is 0 Å². The molecule has 4 nitrogen and oxygen atoms in total. The van der Waals surface area contributed by atoms with Crippen molar-refractivity contribution in [3.63, 3.8) is 0 Å². The topological polar surface area (TPSA) is 44.0 Å².